The zero-order valence-electron chi connectivity index (χ0n) is 15.1. The van der Waals surface area contributed by atoms with Crippen LogP contribution >= 0.6 is 39.9 Å². The molecule has 3 rings (SSSR count). The number of halogens is 1. The summed E-state index contributed by atoms with van der Waals surface area (Å²) in [5.41, 5.74) is 2.10. The highest BCUT2D eigenvalue weighted by atomic mass is 79.9. The van der Waals surface area contributed by atoms with Gasteiger partial charge in [-0.3, -0.25) is 4.79 Å². The Morgan fingerprint density at radius 1 is 1.21 bits per heavy atom. The van der Waals surface area contributed by atoms with E-state index in [1.807, 2.05) is 36.4 Å². The van der Waals surface area contributed by atoms with Crippen molar-refractivity contribution in [2.24, 2.45) is 0 Å². The lowest BCUT2D eigenvalue weighted by molar-refractivity contribution is 0.102. The van der Waals surface area contributed by atoms with Gasteiger partial charge in [-0.15, -0.1) is 10.2 Å². The molecule has 0 aliphatic carbocycles. The standard InChI is InChI=1S/C19H17BrN4O3S2/c20-14-6-4-12(5-7-14)16(26)11-29-19-24-23-17(27-19)13-2-1-3-15(10-13)22-18(28)21-8-9-25/h1-7,10,25H,8-9,11H2,(H2,21,22,28). The molecule has 0 aliphatic heterocycles. The van der Waals surface area contributed by atoms with Crippen LogP contribution in [-0.4, -0.2) is 45.1 Å². The van der Waals surface area contributed by atoms with E-state index in [1.54, 1.807) is 12.1 Å². The number of hydrogen-bond donors (Lipinski definition) is 3. The maximum Gasteiger partial charge on any atom is 0.277 e. The number of rotatable bonds is 8. The molecule has 0 spiro atoms. The van der Waals surface area contributed by atoms with Crippen molar-refractivity contribution in [1.29, 1.82) is 0 Å². The highest BCUT2D eigenvalue weighted by molar-refractivity contribution is 9.10. The third-order valence-electron chi connectivity index (χ3n) is 3.66. The molecular formula is C19H17BrN4O3S2. The molecule has 10 heteroatoms. The predicted molar refractivity (Wildman–Crippen MR) is 120 cm³/mol. The molecule has 29 heavy (non-hydrogen) atoms. The third-order valence-corrected chi connectivity index (χ3v) is 5.26. The number of Topliss-reactive ketones (excluding diaryl/α,β-unsaturated/α-hetero) is 1. The van der Waals surface area contributed by atoms with E-state index in [9.17, 15) is 4.79 Å². The number of carbonyl (C=O) groups is 1. The molecule has 0 atom stereocenters. The van der Waals surface area contributed by atoms with Crippen molar-refractivity contribution >= 4 is 56.5 Å². The number of thiocarbonyl (C=S) groups is 1. The Bertz CT molecular complexity index is 995. The summed E-state index contributed by atoms with van der Waals surface area (Å²) in [6.07, 6.45) is 0. The molecule has 0 aliphatic rings. The molecule has 0 saturated carbocycles. The van der Waals surface area contributed by atoms with Crippen LogP contribution in [0, 0.1) is 0 Å². The van der Waals surface area contributed by atoms with Crippen LogP contribution in [0.1, 0.15) is 10.4 Å². The van der Waals surface area contributed by atoms with Crippen molar-refractivity contribution in [3.05, 3.63) is 58.6 Å². The number of thioether (sulfide) groups is 1. The molecule has 0 saturated heterocycles. The highest BCUT2D eigenvalue weighted by Crippen LogP contribution is 2.25. The normalized spacial score (nSPS) is 10.6. The van der Waals surface area contributed by atoms with Crippen molar-refractivity contribution in [1.82, 2.24) is 15.5 Å². The molecule has 0 radical (unpaired) electrons. The zero-order valence-corrected chi connectivity index (χ0v) is 18.3. The zero-order chi connectivity index (χ0) is 20.6. The highest BCUT2D eigenvalue weighted by Gasteiger charge is 2.13. The van der Waals surface area contributed by atoms with Gasteiger partial charge in [0.25, 0.3) is 5.22 Å². The second kappa shape index (κ2) is 10.5. The summed E-state index contributed by atoms with van der Waals surface area (Å²) in [7, 11) is 0. The minimum absolute atomic E-state index is 0.00535. The molecule has 0 bridgehead atoms. The summed E-state index contributed by atoms with van der Waals surface area (Å²) in [5, 5.41) is 23.5. The van der Waals surface area contributed by atoms with Crippen LogP contribution in [0.15, 0.2) is 62.6 Å². The van der Waals surface area contributed by atoms with Gasteiger partial charge >= 0.3 is 0 Å². The fraction of sp³-hybridized carbons (Fsp3) is 0.158. The molecule has 2 aromatic carbocycles. The first-order valence-electron chi connectivity index (χ1n) is 8.56. The second-order valence-electron chi connectivity index (χ2n) is 5.78. The van der Waals surface area contributed by atoms with E-state index in [4.69, 9.17) is 21.7 Å². The molecule has 1 heterocycles. The van der Waals surface area contributed by atoms with Gasteiger partial charge in [-0.05, 0) is 42.5 Å². The Hall–Kier alpha value is -2.27. The number of aliphatic hydroxyl groups excluding tert-OH is 1. The van der Waals surface area contributed by atoms with Crippen LogP contribution in [-0.2, 0) is 0 Å². The van der Waals surface area contributed by atoms with E-state index in [2.05, 4.69) is 36.8 Å². The molecule has 3 N–H and O–H groups in total. The van der Waals surface area contributed by atoms with E-state index >= 15 is 0 Å². The number of anilines is 1. The van der Waals surface area contributed by atoms with E-state index in [0.717, 1.165) is 15.7 Å². The molecule has 0 amide bonds. The summed E-state index contributed by atoms with van der Waals surface area (Å²) >= 11 is 9.69. The fourth-order valence-corrected chi connectivity index (χ4v) is 3.45. The number of aliphatic hydroxyl groups is 1. The van der Waals surface area contributed by atoms with Gasteiger partial charge in [0, 0.05) is 27.8 Å². The first-order chi connectivity index (χ1) is 14.0. The lowest BCUT2D eigenvalue weighted by Gasteiger charge is -2.09. The van der Waals surface area contributed by atoms with Gasteiger partial charge in [-0.2, -0.15) is 0 Å². The van der Waals surface area contributed by atoms with E-state index in [0.29, 0.717) is 28.3 Å². The lowest BCUT2D eigenvalue weighted by Crippen LogP contribution is -2.30. The number of benzene rings is 2. The molecule has 1 aromatic heterocycles. The largest absolute Gasteiger partial charge is 0.411 e. The van der Waals surface area contributed by atoms with Gasteiger partial charge in [-0.1, -0.05) is 45.9 Å². The quantitative estimate of drug-likeness (QED) is 0.246. The first kappa shape index (κ1) is 21.4. The van der Waals surface area contributed by atoms with Crippen LogP contribution in [0.4, 0.5) is 5.69 Å². The lowest BCUT2D eigenvalue weighted by atomic mass is 10.2. The minimum Gasteiger partial charge on any atom is -0.411 e. The third kappa shape index (κ3) is 6.36. The summed E-state index contributed by atoms with van der Waals surface area (Å²) in [4.78, 5) is 12.3. The maximum atomic E-state index is 12.3. The van der Waals surface area contributed by atoms with Gasteiger partial charge in [0.1, 0.15) is 0 Å². The summed E-state index contributed by atoms with van der Waals surface area (Å²) < 4.78 is 6.59. The van der Waals surface area contributed by atoms with Crippen LogP contribution in [0.3, 0.4) is 0 Å². The Kier molecular flexibility index (Phi) is 7.76. The average Bonchev–Trinajstić information content (AvgIpc) is 3.20. The van der Waals surface area contributed by atoms with Crippen molar-refractivity contribution in [2.75, 3.05) is 24.2 Å². The number of ketones is 1. The number of carbonyl (C=O) groups excluding carboxylic acids is 1. The molecular weight excluding hydrogens is 476 g/mol. The number of nitrogens with one attached hydrogen (secondary N) is 2. The Morgan fingerprint density at radius 2 is 2.00 bits per heavy atom. The number of hydrogen-bond acceptors (Lipinski definition) is 7. The van der Waals surface area contributed by atoms with Crippen LogP contribution in [0.2, 0.25) is 0 Å². The smallest absolute Gasteiger partial charge is 0.277 e. The maximum absolute atomic E-state index is 12.3. The van der Waals surface area contributed by atoms with E-state index in [1.165, 1.54) is 11.8 Å². The van der Waals surface area contributed by atoms with Crippen LogP contribution in [0.5, 0.6) is 0 Å². The van der Waals surface area contributed by atoms with Gasteiger partial charge in [0.2, 0.25) is 5.89 Å². The number of aromatic nitrogens is 2. The van der Waals surface area contributed by atoms with Crippen molar-refractivity contribution in [3.8, 4) is 11.5 Å². The average molecular weight is 493 g/mol. The second-order valence-corrected chi connectivity index (χ2v) is 8.03. The first-order valence-corrected chi connectivity index (χ1v) is 10.7. The van der Waals surface area contributed by atoms with E-state index < -0.39 is 0 Å². The Labute approximate surface area is 185 Å². The monoisotopic (exact) mass is 492 g/mol. The summed E-state index contributed by atoms with van der Waals surface area (Å²) in [6.45, 7) is 0.364. The van der Waals surface area contributed by atoms with Gasteiger partial charge in [0.15, 0.2) is 10.9 Å². The van der Waals surface area contributed by atoms with Crippen molar-refractivity contribution < 1.29 is 14.3 Å². The fourth-order valence-electron chi connectivity index (χ4n) is 2.31. The van der Waals surface area contributed by atoms with Crippen molar-refractivity contribution in [2.45, 2.75) is 5.22 Å². The molecule has 3 aromatic rings. The van der Waals surface area contributed by atoms with Gasteiger partial charge in [0.05, 0.1) is 12.4 Å². The molecule has 0 unspecified atom stereocenters. The summed E-state index contributed by atoms with van der Waals surface area (Å²) in [5.74, 6) is 0.536. The van der Waals surface area contributed by atoms with Gasteiger partial charge < -0.3 is 20.2 Å². The predicted octanol–water partition coefficient (Wildman–Crippen LogP) is 3.75. The van der Waals surface area contributed by atoms with E-state index in [-0.39, 0.29) is 18.1 Å². The topological polar surface area (TPSA) is 100 Å². The van der Waals surface area contributed by atoms with Crippen LogP contribution in [0.25, 0.3) is 11.5 Å². The molecule has 150 valence electrons. The van der Waals surface area contributed by atoms with Crippen molar-refractivity contribution in [3.63, 3.8) is 0 Å². The summed E-state index contributed by atoms with van der Waals surface area (Å²) in [6, 6.07) is 14.5. The Morgan fingerprint density at radius 3 is 2.76 bits per heavy atom. The molecule has 7 nitrogen and oxygen atoms in total. The SMILES string of the molecule is O=C(CSc1nnc(-c2cccc(NC(=S)NCCO)c2)o1)c1ccc(Br)cc1. The minimum atomic E-state index is -0.0164. The molecule has 0 fully saturated rings. The Balaban J connectivity index is 1.60. The number of nitrogens with zero attached hydrogens (tertiary/aromatic N) is 2. The van der Waals surface area contributed by atoms with Gasteiger partial charge in [-0.25, -0.2) is 0 Å². The van der Waals surface area contributed by atoms with Crippen LogP contribution < -0.4 is 10.6 Å².